The van der Waals surface area contributed by atoms with E-state index in [-0.39, 0.29) is 10.8 Å². The minimum Gasteiger partial charge on any atom is -0.313 e. The van der Waals surface area contributed by atoms with Crippen molar-refractivity contribution in [1.29, 1.82) is 0 Å². The van der Waals surface area contributed by atoms with Crippen molar-refractivity contribution in [2.75, 3.05) is 23.1 Å². The number of amides is 1. The second kappa shape index (κ2) is 10.7. The number of hydrogen-bond acceptors (Lipinski definition) is 7. The van der Waals surface area contributed by atoms with E-state index in [4.69, 9.17) is 4.98 Å². The molecule has 6 rings (SSSR count). The fourth-order valence-corrected chi connectivity index (χ4v) is 8.17. The SMILES string of the molecule is CCN1CCc2c(sc(NC(=O)c3ccc(NS(=O)(=O)c4ccc(F)cc4)cc3)c2-c2nc3ccccc3s2)C1. The van der Waals surface area contributed by atoms with E-state index in [9.17, 15) is 17.6 Å². The van der Waals surface area contributed by atoms with Crippen LogP contribution in [0.25, 0.3) is 20.8 Å². The molecule has 2 N–H and O–H groups in total. The number of para-hydroxylation sites is 1. The highest BCUT2D eigenvalue weighted by Gasteiger charge is 2.27. The summed E-state index contributed by atoms with van der Waals surface area (Å²) < 4.78 is 42.0. The van der Waals surface area contributed by atoms with Crippen molar-refractivity contribution in [3.05, 3.63) is 94.6 Å². The predicted octanol–water partition coefficient (Wildman–Crippen LogP) is 6.60. The molecule has 0 spiro atoms. The van der Waals surface area contributed by atoms with Gasteiger partial charge in [-0.25, -0.2) is 17.8 Å². The maximum absolute atomic E-state index is 13.3. The van der Waals surface area contributed by atoms with Crippen LogP contribution in [0.5, 0.6) is 0 Å². The molecule has 0 saturated carbocycles. The molecule has 1 aliphatic heterocycles. The molecular formula is C29H25FN4O3S3. The smallest absolute Gasteiger partial charge is 0.261 e. The van der Waals surface area contributed by atoms with E-state index in [1.54, 1.807) is 34.8 Å². The van der Waals surface area contributed by atoms with E-state index < -0.39 is 15.8 Å². The van der Waals surface area contributed by atoms with Gasteiger partial charge in [0.1, 0.15) is 15.8 Å². The molecule has 7 nitrogen and oxygen atoms in total. The lowest BCUT2D eigenvalue weighted by atomic mass is 10.0. The van der Waals surface area contributed by atoms with Crippen LogP contribution in [-0.4, -0.2) is 37.3 Å². The second-order valence-electron chi connectivity index (χ2n) is 9.40. The Hall–Kier alpha value is -3.64. The fourth-order valence-electron chi connectivity index (χ4n) is 4.71. The molecule has 0 unspecified atom stereocenters. The summed E-state index contributed by atoms with van der Waals surface area (Å²) >= 11 is 3.22. The molecule has 1 aliphatic rings. The molecule has 11 heteroatoms. The summed E-state index contributed by atoms with van der Waals surface area (Å²) in [4.78, 5) is 21.8. The molecule has 0 bridgehead atoms. The Bertz CT molecular complexity index is 1780. The van der Waals surface area contributed by atoms with Crippen molar-refractivity contribution in [2.24, 2.45) is 0 Å². The number of nitrogens with zero attached hydrogens (tertiary/aromatic N) is 2. The number of nitrogens with one attached hydrogen (secondary N) is 2. The number of rotatable bonds is 7. The van der Waals surface area contributed by atoms with Crippen molar-refractivity contribution in [3.63, 3.8) is 0 Å². The summed E-state index contributed by atoms with van der Waals surface area (Å²) in [6, 6.07) is 18.8. The Kier molecular flexibility index (Phi) is 7.13. The van der Waals surface area contributed by atoms with E-state index in [1.807, 2.05) is 18.2 Å². The van der Waals surface area contributed by atoms with E-state index in [2.05, 4.69) is 27.9 Å². The second-order valence-corrected chi connectivity index (χ2v) is 13.2. The third kappa shape index (κ3) is 5.25. The Morgan fingerprint density at radius 2 is 1.77 bits per heavy atom. The standard InChI is InChI=1S/C29H25FN4O3S3/c1-2-34-16-15-22-25(17-34)39-29(26(22)28-31-23-5-3-4-6-24(23)38-28)32-27(35)18-7-11-20(12-8-18)33-40(36,37)21-13-9-19(30)10-14-21/h3-14,33H,2,15-17H2,1H3,(H,32,35). The summed E-state index contributed by atoms with van der Waals surface area (Å²) in [6.07, 6.45) is 0.893. The minimum atomic E-state index is -3.89. The lowest BCUT2D eigenvalue weighted by molar-refractivity contribution is 0.102. The molecule has 204 valence electrons. The Labute approximate surface area is 239 Å². The summed E-state index contributed by atoms with van der Waals surface area (Å²) in [7, 11) is -3.89. The van der Waals surface area contributed by atoms with Gasteiger partial charge >= 0.3 is 0 Å². The molecule has 40 heavy (non-hydrogen) atoms. The van der Waals surface area contributed by atoms with Gasteiger partial charge < -0.3 is 5.32 Å². The molecule has 1 amide bonds. The summed E-state index contributed by atoms with van der Waals surface area (Å²) in [5.74, 6) is -0.809. The molecule has 5 aromatic rings. The lowest BCUT2D eigenvalue weighted by Gasteiger charge is -2.25. The van der Waals surface area contributed by atoms with Gasteiger partial charge in [-0.15, -0.1) is 22.7 Å². The van der Waals surface area contributed by atoms with Crippen molar-refractivity contribution < 1.29 is 17.6 Å². The van der Waals surface area contributed by atoms with Gasteiger partial charge in [-0.1, -0.05) is 19.1 Å². The Morgan fingerprint density at radius 3 is 2.50 bits per heavy atom. The number of sulfonamides is 1. The van der Waals surface area contributed by atoms with Crippen LogP contribution in [0.2, 0.25) is 0 Å². The average molecular weight is 593 g/mol. The van der Waals surface area contributed by atoms with Crippen molar-refractivity contribution in [3.8, 4) is 10.6 Å². The van der Waals surface area contributed by atoms with Gasteiger partial charge in [-0.3, -0.25) is 14.4 Å². The maximum atomic E-state index is 13.3. The van der Waals surface area contributed by atoms with Crippen LogP contribution in [0.1, 0.15) is 27.7 Å². The molecule has 0 atom stereocenters. The number of thiazole rings is 1. The normalized spacial score (nSPS) is 13.8. The zero-order valence-electron chi connectivity index (χ0n) is 21.5. The minimum absolute atomic E-state index is 0.0543. The summed E-state index contributed by atoms with van der Waals surface area (Å²) in [5.41, 5.74) is 3.86. The van der Waals surface area contributed by atoms with Crippen LogP contribution < -0.4 is 10.0 Å². The summed E-state index contributed by atoms with van der Waals surface area (Å²) in [6.45, 7) is 4.92. The molecule has 0 aliphatic carbocycles. The van der Waals surface area contributed by atoms with Gasteiger partial charge in [-0.05, 0) is 79.2 Å². The van der Waals surface area contributed by atoms with Gasteiger partial charge in [0.25, 0.3) is 15.9 Å². The molecule has 0 saturated heterocycles. The molecule has 0 radical (unpaired) electrons. The number of carbonyl (C=O) groups is 1. The van der Waals surface area contributed by atoms with E-state index >= 15 is 0 Å². The number of halogens is 1. The largest absolute Gasteiger partial charge is 0.313 e. The van der Waals surface area contributed by atoms with Gasteiger partial charge in [0.05, 0.1) is 15.1 Å². The Morgan fingerprint density at radius 1 is 1.02 bits per heavy atom. The molecular weight excluding hydrogens is 568 g/mol. The number of hydrogen-bond donors (Lipinski definition) is 2. The highest BCUT2D eigenvalue weighted by Crippen LogP contribution is 2.45. The molecule has 2 aromatic heterocycles. The predicted molar refractivity (Wildman–Crippen MR) is 159 cm³/mol. The van der Waals surface area contributed by atoms with Crippen molar-refractivity contribution >= 4 is 59.5 Å². The van der Waals surface area contributed by atoms with Crippen LogP contribution in [-0.2, 0) is 23.0 Å². The number of carbonyl (C=O) groups excluding carboxylic acids is 1. The van der Waals surface area contributed by atoms with Gasteiger partial charge in [0.2, 0.25) is 0 Å². The third-order valence-electron chi connectivity index (χ3n) is 6.84. The highest BCUT2D eigenvalue weighted by atomic mass is 32.2. The van der Waals surface area contributed by atoms with Crippen LogP contribution in [0.15, 0.2) is 77.7 Å². The average Bonchev–Trinajstić information content (AvgIpc) is 3.53. The quantitative estimate of drug-likeness (QED) is 0.222. The lowest BCUT2D eigenvalue weighted by Crippen LogP contribution is -2.29. The fraction of sp³-hybridized carbons (Fsp3) is 0.172. The van der Waals surface area contributed by atoms with Crippen molar-refractivity contribution in [1.82, 2.24) is 9.88 Å². The topological polar surface area (TPSA) is 91.4 Å². The van der Waals surface area contributed by atoms with E-state index in [1.165, 1.54) is 34.7 Å². The van der Waals surface area contributed by atoms with Crippen molar-refractivity contribution in [2.45, 2.75) is 24.8 Å². The zero-order valence-corrected chi connectivity index (χ0v) is 23.9. The third-order valence-corrected chi connectivity index (χ3v) is 10.4. The number of benzene rings is 3. The maximum Gasteiger partial charge on any atom is 0.261 e. The van der Waals surface area contributed by atoms with E-state index in [0.717, 1.165) is 64.0 Å². The molecule has 3 heterocycles. The first kappa shape index (κ1) is 26.6. The van der Waals surface area contributed by atoms with Gasteiger partial charge in [-0.2, -0.15) is 0 Å². The monoisotopic (exact) mass is 592 g/mol. The first-order chi connectivity index (χ1) is 19.3. The van der Waals surface area contributed by atoms with Crippen LogP contribution in [0, 0.1) is 5.82 Å². The van der Waals surface area contributed by atoms with Gasteiger partial charge in [0, 0.05) is 34.8 Å². The first-order valence-corrected chi connectivity index (χ1v) is 15.8. The highest BCUT2D eigenvalue weighted by molar-refractivity contribution is 7.92. The zero-order chi connectivity index (χ0) is 27.9. The Balaban J connectivity index is 1.26. The number of fused-ring (bicyclic) bond motifs is 2. The number of anilines is 2. The first-order valence-electron chi connectivity index (χ1n) is 12.7. The van der Waals surface area contributed by atoms with Crippen LogP contribution in [0.3, 0.4) is 0 Å². The number of aromatic nitrogens is 1. The van der Waals surface area contributed by atoms with Gasteiger partial charge in [0.15, 0.2) is 0 Å². The summed E-state index contributed by atoms with van der Waals surface area (Å²) in [5, 5.41) is 4.78. The number of thiophene rings is 1. The van der Waals surface area contributed by atoms with Crippen LogP contribution in [0.4, 0.5) is 15.1 Å². The number of likely N-dealkylation sites (N-methyl/N-ethyl adjacent to an activating group) is 1. The van der Waals surface area contributed by atoms with E-state index in [0.29, 0.717) is 11.3 Å². The molecule has 3 aromatic carbocycles. The van der Waals surface area contributed by atoms with Crippen LogP contribution >= 0.6 is 22.7 Å². The molecule has 0 fully saturated rings.